The zero-order valence-electron chi connectivity index (χ0n) is 8.91. The van der Waals surface area contributed by atoms with Crippen LogP contribution in [0.2, 0.25) is 0 Å². The highest BCUT2D eigenvalue weighted by Crippen LogP contribution is 2.34. The molecule has 0 saturated heterocycles. The molecule has 0 aliphatic carbocycles. The largest absolute Gasteiger partial charge is 0.253 e. The van der Waals surface area contributed by atoms with Crippen LogP contribution in [0, 0.1) is 12.3 Å². The molecule has 0 atom stereocenters. The van der Waals surface area contributed by atoms with E-state index in [0.29, 0.717) is 0 Å². The molecule has 1 aliphatic rings. The van der Waals surface area contributed by atoms with Crippen molar-refractivity contribution < 1.29 is 0 Å². The van der Waals surface area contributed by atoms with Crippen molar-refractivity contribution in [3.8, 4) is 0 Å². The summed E-state index contributed by atoms with van der Waals surface area (Å²) in [5.74, 6) is 0. The van der Waals surface area contributed by atoms with Crippen LogP contribution in [-0.2, 0) is 0 Å². The highest BCUT2D eigenvalue weighted by atomic mass is 15.1. The van der Waals surface area contributed by atoms with Crippen molar-refractivity contribution in [1.82, 2.24) is 0 Å². The summed E-state index contributed by atoms with van der Waals surface area (Å²) in [5, 5.41) is 1.91. The van der Waals surface area contributed by atoms with Gasteiger partial charge in [-0.1, -0.05) is 32.9 Å². The van der Waals surface area contributed by atoms with Gasteiger partial charge in [0.2, 0.25) is 0 Å². The second kappa shape index (κ2) is 2.66. The van der Waals surface area contributed by atoms with Crippen molar-refractivity contribution in [2.75, 3.05) is 0 Å². The van der Waals surface area contributed by atoms with E-state index < -0.39 is 5.66 Å². The van der Waals surface area contributed by atoms with Crippen molar-refractivity contribution >= 4 is 0 Å². The van der Waals surface area contributed by atoms with Crippen LogP contribution < -0.4 is 10.7 Å². The lowest BCUT2D eigenvalue weighted by molar-refractivity contribution is 0.248. The van der Waals surface area contributed by atoms with Gasteiger partial charge >= 0.3 is 0 Å². The number of fused-ring (bicyclic) bond motifs is 1. The lowest BCUT2D eigenvalue weighted by atomic mass is 9.83. The molecule has 0 fully saturated rings. The molecule has 0 unspecified atom stereocenters. The van der Waals surface area contributed by atoms with E-state index in [2.05, 4.69) is 37.7 Å². The standard InChI is InChI=1S/C12H15N2/c1-11(2,3)12(4)13-9-7-5-6-8-10(9)14-12/h5-8H,4H2,1-3H3. The van der Waals surface area contributed by atoms with Gasteiger partial charge in [-0.2, -0.15) is 0 Å². The number of hydrogen-bond acceptors (Lipinski definition) is 2. The summed E-state index contributed by atoms with van der Waals surface area (Å²) in [6.07, 6.45) is 0. The monoisotopic (exact) mass is 187 g/mol. The topological polar surface area (TPSA) is 24.7 Å². The third kappa shape index (κ3) is 1.26. The Bertz CT molecular complexity index is 431. The van der Waals surface area contributed by atoms with Gasteiger partial charge in [0.1, 0.15) is 0 Å². The molecule has 0 spiro atoms. The van der Waals surface area contributed by atoms with Crippen molar-refractivity contribution in [3.05, 3.63) is 41.9 Å². The minimum Gasteiger partial charge on any atom is -0.253 e. The van der Waals surface area contributed by atoms with Crippen molar-refractivity contribution in [2.45, 2.75) is 26.4 Å². The molecule has 73 valence electrons. The van der Waals surface area contributed by atoms with Gasteiger partial charge in [0, 0.05) is 5.41 Å². The molecule has 0 N–H and O–H groups in total. The number of para-hydroxylation sites is 2. The molecule has 14 heavy (non-hydrogen) atoms. The quantitative estimate of drug-likeness (QED) is 0.588. The van der Waals surface area contributed by atoms with E-state index in [1.807, 2.05) is 24.3 Å². The molecule has 2 nitrogen and oxygen atoms in total. The summed E-state index contributed by atoms with van der Waals surface area (Å²) in [6, 6.07) is 7.92. The lowest BCUT2D eigenvalue weighted by Crippen LogP contribution is -2.35. The maximum Gasteiger partial charge on any atom is 0.156 e. The van der Waals surface area contributed by atoms with Gasteiger partial charge in [-0.25, -0.2) is 0 Å². The smallest absolute Gasteiger partial charge is 0.156 e. The minimum absolute atomic E-state index is 0.0496. The van der Waals surface area contributed by atoms with Crippen LogP contribution in [0.1, 0.15) is 20.8 Å². The van der Waals surface area contributed by atoms with Crippen molar-refractivity contribution in [3.63, 3.8) is 0 Å². The Morgan fingerprint density at radius 3 is 1.86 bits per heavy atom. The Kier molecular flexibility index (Phi) is 1.78. The minimum atomic E-state index is -0.559. The molecule has 1 radical (unpaired) electrons. The highest BCUT2D eigenvalue weighted by molar-refractivity contribution is 5.11. The van der Waals surface area contributed by atoms with E-state index in [4.69, 9.17) is 0 Å². The molecule has 1 aliphatic heterocycles. The van der Waals surface area contributed by atoms with Crippen LogP contribution in [0.3, 0.4) is 0 Å². The Morgan fingerprint density at radius 1 is 1.07 bits per heavy atom. The Labute approximate surface area is 84.4 Å². The fraction of sp³-hybridized carbons (Fsp3) is 0.417. The maximum atomic E-state index is 4.58. The zero-order chi connectivity index (χ0) is 10.4. The van der Waals surface area contributed by atoms with Crippen LogP contribution in [0.4, 0.5) is 0 Å². The normalized spacial score (nSPS) is 18.3. The lowest BCUT2D eigenvalue weighted by Gasteiger charge is -2.32. The molecular formula is C12H15N2. The van der Waals surface area contributed by atoms with Gasteiger partial charge in [-0.15, -0.1) is 0 Å². The SMILES string of the molecule is [CH2]C1(C(C)(C)C)N=c2ccccc2=N1. The molecule has 0 saturated carbocycles. The van der Waals surface area contributed by atoms with E-state index in [1.54, 1.807) is 0 Å². The molecule has 1 aromatic rings. The van der Waals surface area contributed by atoms with Gasteiger partial charge in [-0.05, 0) is 19.1 Å². The number of nitrogens with zero attached hydrogens (tertiary/aromatic N) is 2. The van der Waals surface area contributed by atoms with E-state index in [9.17, 15) is 0 Å². The van der Waals surface area contributed by atoms with E-state index in [0.717, 1.165) is 10.7 Å². The highest BCUT2D eigenvalue weighted by Gasteiger charge is 2.38. The summed E-state index contributed by atoms with van der Waals surface area (Å²) in [6.45, 7) is 10.5. The van der Waals surface area contributed by atoms with Crippen molar-refractivity contribution in [2.24, 2.45) is 15.4 Å². The fourth-order valence-electron chi connectivity index (χ4n) is 1.41. The third-order valence-corrected chi connectivity index (χ3v) is 2.69. The summed E-state index contributed by atoms with van der Waals surface area (Å²) in [5.41, 5.74) is -0.608. The number of rotatable bonds is 0. The van der Waals surface area contributed by atoms with Gasteiger partial charge in [0.25, 0.3) is 0 Å². The first kappa shape index (κ1) is 9.38. The maximum absolute atomic E-state index is 4.58. The van der Waals surface area contributed by atoms with Gasteiger partial charge in [-0.3, -0.25) is 9.98 Å². The van der Waals surface area contributed by atoms with Crippen molar-refractivity contribution in [1.29, 1.82) is 0 Å². The number of hydrogen-bond donors (Lipinski definition) is 0. The van der Waals surface area contributed by atoms with Crippen LogP contribution in [-0.4, -0.2) is 5.66 Å². The zero-order valence-corrected chi connectivity index (χ0v) is 8.91. The summed E-state index contributed by atoms with van der Waals surface area (Å²) >= 11 is 0. The van der Waals surface area contributed by atoms with Gasteiger partial charge < -0.3 is 0 Å². The first-order valence-corrected chi connectivity index (χ1v) is 4.83. The second-order valence-corrected chi connectivity index (χ2v) is 4.78. The summed E-state index contributed by atoms with van der Waals surface area (Å²) in [4.78, 5) is 9.15. The molecule has 2 rings (SSSR count). The summed E-state index contributed by atoms with van der Waals surface area (Å²) < 4.78 is 0. The second-order valence-electron chi connectivity index (χ2n) is 4.78. The Hall–Kier alpha value is -1.18. The molecule has 1 aromatic carbocycles. The molecule has 0 bridgehead atoms. The Balaban J connectivity index is 2.65. The van der Waals surface area contributed by atoms with Crippen LogP contribution in [0.5, 0.6) is 0 Å². The van der Waals surface area contributed by atoms with E-state index >= 15 is 0 Å². The predicted octanol–water partition coefficient (Wildman–Crippen LogP) is 1.52. The first-order chi connectivity index (χ1) is 6.42. The molecule has 0 amide bonds. The molecule has 2 heteroatoms. The molecule has 0 aromatic heterocycles. The van der Waals surface area contributed by atoms with E-state index in [1.165, 1.54) is 0 Å². The first-order valence-electron chi connectivity index (χ1n) is 4.83. The van der Waals surface area contributed by atoms with Crippen LogP contribution >= 0.6 is 0 Å². The predicted molar refractivity (Wildman–Crippen MR) is 56.3 cm³/mol. The van der Waals surface area contributed by atoms with E-state index in [-0.39, 0.29) is 5.41 Å². The average Bonchev–Trinajstić information content (AvgIpc) is 2.40. The van der Waals surface area contributed by atoms with Crippen LogP contribution in [0.15, 0.2) is 34.3 Å². The fourth-order valence-corrected chi connectivity index (χ4v) is 1.41. The number of benzene rings is 1. The summed E-state index contributed by atoms with van der Waals surface area (Å²) in [7, 11) is 0. The average molecular weight is 187 g/mol. The third-order valence-electron chi connectivity index (χ3n) is 2.69. The molecule has 1 heterocycles. The van der Waals surface area contributed by atoms with Crippen LogP contribution in [0.25, 0.3) is 0 Å². The van der Waals surface area contributed by atoms with Gasteiger partial charge in [0.15, 0.2) is 5.66 Å². The van der Waals surface area contributed by atoms with Gasteiger partial charge in [0.05, 0.1) is 10.7 Å². The Morgan fingerprint density at radius 2 is 1.50 bits per heavy atom. The molecular weight excluding hydrogens is 172 g/mol.